The highest BCUT2D eigenvalue weighted by Gasteiger charge is 2.12. The third kappa shape index (κ3) is 2.20. The standard InChI is InChI=1S/C9H13N3O2/c1-7-8(10-11(2)3)5-4-6-9(7)12(13)14/h4-6,10H,1-3H3. The molecule has 5 nitrogen and oxygen atoms in total. The maximum atomic E-state index is 10.6. The lowest BCUT2D eigenvalue weighted by molar-refractivity contribution is -0.385. The van der Waals surface area contributed by atoms with Crippen LogP contribution in [0.3, 0.4) is 0 Å². The molecule has 1 rings (SSSR count). The van der Waals surface area contributed by atoms with Crippen molar-refractivity contribution in [3.8, 4) is 0 Å². The second kappa shape index (κ2) is 4.06. The molecule has 0 aromatic heterocycles. The van der Waals surface area contributed by atoms with E-state index in [4.69, 9.17) is 0 Å². The molecule has 0 saturated heterocycles. The summed E-state index contributed by atoms with van der Waals surface area (Å²) in [4.78, 5) is 10.2. The molecule has 14 heavy (non-hydrogen) atoms. The summed E-state index contributed by atoms with van der Waals surface area (Å²) in [5, 5.41) is 12.4. The van der Waals surface area contributed by atoms with Crippen LogP contribution in [0.5, 0.6) is 0 Å². The minimum absolute atomic E-state index is 0.136. The first-order chi connectivity index (χ1) is 6.52. The summed E-state index contributed by atoms with van der Waals surface area (Å²) in [6, 6.07) is 4.97. The van der Waals surface area contributed by atoms with E-state index in [0.717, 1.165) is 5.69 Å². The Morgan fingerprint density at radius 2 is 2.07 bits per heavy atom. The fourth-order valence-electron chi connectivity index (χ4n) is 1.18. The fraction of sp³-hybridized carbons (Fsp3) is 0.333. The molecule has 1 aromatic carbocycles. The number of hydrogen-bond acceptors (Lipinski definition) is 4. The van der Waals surface area contributed by atoms with Gasteiger partial charge in [0.15, 0.2) is 0 Å². The predicted octanol–water partition coefficient (Wildman–Crippen LogP) is 1.79. The number of nitro groups is 1. The lowest BCUT2D eigenvalue weighted by atomic mass is 10.1. The molecule has 0 saturated carbocycles. The van der Waals surface area contributed by atoms with Crippen molar-refractivity contribution in [3.63, 3.8) is 0 Å². The van der Waals surface area contributed by atoms with Crippen molar-refractivity contribution >= 4 is 11.4 Å². The maximum absolute atomic E-state index is 10.6. The van der Waals surface area contributed by atoms with Crippen molar-refractivity contribution in [1.29, 1.82) is 0 Å². The lowest BCUT2D eigenvalue weighted by Crippen LogP contribution is -2.20. The van der Waals surface area contributed by atoms with Gasteiger partial charge < -0.3 is 5.43 Å². The van der Waals surface area contributed by atoms with Gasteiger partial charge in [-0.15, -0.1) is 0 Å². The summed E-state index contributed by atoms with van der Waals surface area (Å²) in [6.07, 6.45) is 0. The Balaban J connectivity index is 3.07. The summed E-state index contributed by atoms with van der Waals surface area (Å²) in [7, 11) is 3.66. The van der Waals surface area contributed by atoms with Crippen molar-refractivity contribution in [2.45, 2.75) is 6.92 Å². The lowest BCUT2D eigenvalue weighted by Gasteiger charge is -2.15. The van der Waals surface area contributed by atoms with Gasteiger partial charge in [0.1, 0.15) is 0 Å². The highest BCUT2D eigenvalue weighted by Crippen LogP contribution is 2.24. The third-order valence-electron chi connectivity index (χ3n) is 1.85. The molecular formula is C9H13N3O2. The highest BCUT2D eigenvalue weighted by atomic mass is 16.6. The molecule has 0 bridgehead atoms. The Hall–Kier alpha value is -1.62. The van der Waals surface area contributed by atoms with E-state index in [0.29, 0.717) is 5.56 Å². The number of nitrogens with zero attached hydrogens (tertiary/aromatic N) is 2. The van der Waals surface area contributed by atoms with Gasteiger partial charge in [-0.3, -0.25) is 10.1 Å². The Labute approximate surface area is 82.5 Å². The van der Waals surface area contributed by atoms with Crippen LogP contribution in [0.15, 0.2) is 18.2 Å². The molecule has 0 fully saturated rings. The molecule has 0 aliphatic heterocycles. The summed E-state index contributed by atoms with van der Waals surface area (Å²) in [5.41, 5.74) is 4.53. The molecule has 5 heteroatoms. The van der Waals surface area contributed by atoms with Gasteiger partial charge in [-0.25, -0.2) is 5.01 Å². The number of rotatable bonds is 3. The second-order valence-corrected chi connectivity index (χ2v) is 3.21. The van der Waals surface area contributed by atoms with Crippen molar-refractivity contribution in [2.75, 3.05) is 19.5 Å². The number of nitrogens with one attached hydrogen (secondary N) is 1. The van der Waals surface area contributed by atoms with Crippen LogP contribution in [0.4, 0.5) is 11.4 Å². The predicted molar refractivity (Wildman–Crippen MR) is 55.1 cm³/mol. The minimum Gasteiger partial charge on any atom is -0.319 e. The molecule has 0 unspecified atom stereocenters. The van der Waals surface area contributed by atoms with Crippen LogP contribution in [0.2, 0.25) is 0 Å². The average molecular weight is 195 g/mol. The van der Waals surface area contributed by atoms with Crippen LogP contribution in [0.25, 0.3) is 0 Å². The van der Waals surface area contributed by atoms with Crippen molar-refractivity contribution < 1.29 is 4.92 Å². The Bertz CT molecular complexity index is 350. The largest absolute Gasteiger partial charge is 0.319 e. The normalized spacial score (nSPS) is 10.3. The van der Waals surface area contributed by atoms with Crippen LogP contribution in [0, 0.1) is 17.0 Å². The van der Waals surface area contributed by atoms with E-state index in [-0.39, 0.29) is 10.6 Å². The highest BCUT2D eigenvalue weighted by molar-refractivity contribution is 5.59. The number of hydrazine groups is 1. The molecule has 1 aromatic rings. The topological polar surface area (TPSA) is 58.4 Å². The van der Waals surface area contributed by atoms with E-state index < -0.39 is 0 Å². The molecule has 0 aliphatic carbocycles. The fourth-order valence-corrected chi connectivity index (χ4v) is 1.18. The molecular weight excluding hydrogens is 182 g/mol. The molecule has 0 spiro atoms. The zero-order chi connectivity index (χ0) is 10.7. The van der Waals surface area contributed by atoms with E-state index in [1.165, 1.54) is 6.07 Å². The monoisotopic (exact) mass is 195 g/mol. The number of anilines is 1. The third-order valence-corrected chi connectivity index (χ3v) is 1.85. The van der Waals surface area contributed by atoms with Crippen LogP contribution in [-0.4, -0.2) is 24.0 Å². The first-order valence-corrected chi connectivity index (χ1v) is 4.20. The van der Waals surface area contributed by atoms with Gasteiger partial charge in [0, 0.05) is 20.2 Å². The summed E-state index contributed by atoms with van der Waals surface area (Å²) < 4.78 is 0. The van der Waals surface area contributed by atoms with E-state index in [1.807, 2.05) is 20.2 Å². The summed E-state index contributed by atoms with van der Waals surface area (Å²) in [5.74, 6) is 0. The van der Waals surface area contributed by atoms with E-state index >= 15 is 0 Å². The molecule has 76 valence electrons. The maximum Gasteiger partial charge on any atom is 0.274 e. The van der Waals surface area contributed by atoms with E-state index in [1.54, 1.807) is 18.0 Å². The minimum atomic E-state index is -0.379. The summed E-state index contributed by atoms with van der Waals surface area (Å²) >= 11 is 0. The molecule has 0 aliphatic rings. The zero-order valence-electron chi connectivity index (χ0n) is 8.44. The quantitative estimate of drug-likeness (QED) is 0.590. The van der Waals surface area contributed by atoms with E-state index in [9.17, 15) is 10.1 Å². The number of nitro benzene ring substituents is 1. The van der Waals surface area contributed by atoms with Crippen LogP contribution in [-0.2, 0) is 0 Å². The summed E-state index contributed by atoms with van der Waals surface area (Å²) in [6.45, 7) is 1.73. The van der Waals surface area contributed by atoms with Gasteiger partial charge in [0.05, 0.1) is 16.2 Å². The van der Waals surface area contributed by atoms with Crippen molar-refractivity contribution in [3.05, 3.63) is 33.9 Å². The first-order valence-electron chi connectivity index (χ1n) is 4.20. The van der Waals surface area contributed by atoms with Crippen LogP contribution in [0.1, 0.15) is 5.56 Å². The van der Waals surface area contributed by atoms with Crippen molar-refractivity contribution in [1.82, 2.24) is 5.01 Å². The van der Waals surface area contributed by atoms with Gasteiger partial charge in [-0.1, -0.05) is 6.07 Å². The molecule has 0 atom stereocenters. The van der Waals surface area contributed by atoms with Gasteiger partial charge >= 0.3 is 0 Å². The second-order valence-electron chi connectivity index (χ2n) is 3.21. The molecule has 0 heterocycles. The van der Waals surface area contributed by atoms with Crippen LogP contribution >= 0.6 is 0 Å². The Morgan fingerprint density at radius 1 is 1.43 bits per heavy atom. The Kier molecular flexibility index (Phi) is 3.03. The first kappa shape index (κ1) is 10.5. The number of hydrogen-bond donors (Lipinski definition) is 1. The smallest absolute Gasteiger partial charge is 0.274 e. The van der Waals surface area contributed by atoms with Crippen molar-refractivity contribution in [2.24, 2.45) is 0 Å². The molecule has 0 amide bonds. The van der Waals surface area contributed by atoms with Gasteiger partial charge in [-0.2, -0.15) is 0 Å². The number of benzene rings is 1. The van der Waals surface area contributed by atoms with Gasteiger partial charge in [0.2, 0.25) is 0 Å². The SMILES string of the molecule is Cc1c(NN(C)C)cccc1[N+](=O)[O-]. The Morgan fingerprint density at radius 3 is 2.57 bits per heavy atom. The van der Waals surface area contributed by atoms with Gasteiger partial charge in [0.25, 0.3) is 5.69 Å². The molecule has 1 N–H and O–H groups in total. The zero-order valence-corrected chi connectivity index (χ0v) is 8.44. The average Bonchev–Trinajstić information content (AvgIpc) is 2.07. The van der Waals surface area contributed by atoms with Crippen LogP contribution < -0.4 is 5.43 Å². The van der Waals surface area contributed by atoms with Gasteiger partial charge in [-0.05, 0) is 13.0 Å². The van der Waals surface area contributed by atoms with E-state index in [2.05, 4.69) is 5.43 Å². The molecule has 0 radical (unpaired) electrons.